The van der Waals surface area contributed by atoms with Gasteiger partial charge in [0.25, 0.3) is 0 Å². The summed E-state index contributed by atoms with van der Waals surface area (Å²) in [6, 6.07) is 12.4. The summed E-state index contributed by atoms with van der Waals surface area (Å²) < 4.78 is 8.17. The maximum atomic E-state index is 9.43. The molecule has 0 radical (unpaired) electrons. The van der Waals surface area contributed by atoms with Crippen LogP contribution < -0.4 is 0 Å². The van der Waals surface area contributed by atoms with Gasteiger partial charge in [-0.2, -0.15) is 5.26 Å². The van der Waals surface area contributed by atoms with Gasteiger partial charge in [0.2, 0.25) is 0 Å². The molecule has 0 aliphatic carbocycles. The van der Waals surface area contributed by atoms with E-state index in [0.717, 1.165) is 58.5 Å². The molecule has 6 nitrogen and oxygen atoms in total. The van der Waals surface area contributed by atoms with Gasteiger partial charge in [-0.3, -0.25) is 9.97 Å². The number of nitrogens with zero attached hydrogens (tertiary/aromatic N) is 5. The van der Waals surface area contributed by atoms with Crippen molar-refractivity contribution in [1.29, 1.82) is 5.26 Å². The fourth-order valence-corrected chi connectivity index (χ4v) is 4.39. The highest BCUT2D eigenvalue weighted by Gasteiger charge is 2.26. The fourth-order valence-electron chi connectivity index (χ4n) is 4.39. The lowest BCUT2D eigenvalue weighted by atomic mass is 10.0. The number of pyridine rings is 2. The van der Waals surface area contributed by atoms with Crippen LogP contribution in [0, 0.1) is 18.3 Å². The lowest BCUT2D eigenvalue weighted by molar-refractivity contribution is 0.00631. The molecule has 1 aliphatic heterocycles. The third-order valence-corrected chi connectivity index (χ3v) is 5.85. The quantitative estimate of drug-likeness (QED) is 0.509. The van der Waals surface area contributed by atoms with Crippen molar-refractivity contribution in [3.05, 3.63) is 65.4 Å². The SMILES string of the molecule is Cc1ccc(Cc2nc3cnc4ccc(C#N)cc4c3n2C2CCO[C@H](C)C2)nc1. The molecule has 1 aliphatic rings. The Hall–Kier alpha value is -3.30. The van der Waals surface area contributed by atoms with Gasteiger partial charge >= 0.3 is 0 Å². The van der Waals surface area contributed by atoms with Gasteiger partial charge in [-0.15, -0.1) is 0 Å². The molecule has 4 heterocycles. The Kier molecular flexibility index (Phi) is 4.68. The first-order valence-corrected chi connectivity index (χ1v) is 10.3. The van der Waals surface area contributed by atoms with E-state index in [0.29, 0.717) is 12.0 Å². The van der Waals surface area contributed by atoms with Crippen LogP contribution in [0.4, 0.5) is 0 Å². The number of imidazole rings is 1. The van der Waals surface area contributed by atoms with Gasteiger partial charge < -0.3 is 9.30 Å². The van der Waals surface area contributed by atoms with E-state index in [1.807, 2.05) is 37.5 Å². The van der Waals surface area contributed by atoms with Crippen molar-refractivity contribution in [3.63, 3.8) is 0 Å². The molecule has 0 bridgehead atoms. The van der Waals surface area contributed by atoms with E-state index in [1.54, 1.807) is 0 Å². The third-order valence-electron chi connectivity index (χ3n) is 5.85. The summed E-state index contributed by atoms with van der Waals surface area (Å²) in [5.74, 6) is 0.983. The minimum absolute atomic E-state index is 0.203. The first-order chi connectivity index (χ1) is 14.6. The number of hydrogen-bond acceptors (Lipinski definition) is 5. The molecule has 0 saturated carbocycles. The average Bonchev–Trinajstić information content (AvgIpc) is 3.13. The highest BCUT2D eigenvalue weighted by atomic mass is 16.5. The number of nitriles is 1. The van der Waals surface area contributed by atoms with Gasteiger partial charge in [0, 0.05) is 36.3 Å². The highest BCUT2D eigenvalue weighted by Crippen LogP contribution is 2.34. The Morgan fingerprint density at radius 3 is 2.83 bits per heavy atom. The number of ether oxygens (including phenoxy) is 1. The van der Waals surface area contributed by atoms with Crippen LogP contribution in [0.5, 0.6) is 0 Å². The van der Waals surface area contributed by atoms with E-state index in [2.05, 4.69) is 39.7 Å². The molecular weight excluding hydrogens is 374 g/mol. The van der Waals surface area contributed by atoms with E-state index in [9.17, 15) is 5.26 Å². The fraction of sp³-hybridized carbons (Fsp3) is 0.333. The second kappa shape index (κ2) is 7.51. The number of benzene rings is 1. The summed E-state index contributed by atoms with van der Waals surface area (Å²) in [6.07, 6.45) is 6.46. The summed E-state index contributed by atoms with van der Waals surface area (Å²) in [6.45, 7) is 4.90. The maximum Gasteiger partial charge on any atom is 0.116 e. The molecule has 6 heteroatoms. The van der Waals surface area contributed by atoms with Gasteiger partial charge in [-0.1, -0.05) is 6.07 Å². The molecule has 150 valence electrons. The molecule has 0 amide bonds. The van der Waals surface area contributed by atoms with Gasteiger partial charge in [0.15, 0.2) is 0 Å². The van der Waals surface area contributed by atoms with Crippen molar-refractivity contribution in [1.82, 2.24) is 19.5 Å². The molecule has 2 atom stereocenters. The van der Waals surface area contributed by atoms with Crippen LogP contribution in [0.2, 0.25) is 0 Å². The van der Waals surface area contributed by atoms with E-state index in [4.69, 9.17) is 9.72 Å². The average molecular weight is 397 g/mol. The van der Waals surface area contributed by atoms with Crippen LogP contribution in [0.25, 0.3) is 21.9 Å². The largest absolute Gasteiger partial charge is 0.378 e. The van der Waals surface area contributed by atoms with E-state index < -0.39 is 0 Å². The number of hydrogen-bond donors (Lipinski definition) is 0. The number of aromatic nitrogens is 4. The van der Waals surface area contributed by atoms with Crippen LogP contribution in [0.3, 0.4) is 0 Å². The Balaban J connectivity index is 1.74. The molecule has 1 saturated heterocycles. The van der Waals surface area contributed by atoms with Gasteiger partial charge in [-0.25, -0.2) is 4.98 Å². The first-order valence-electron chi connectivity index (χ1n) is 10.3. The topological polar surface area (TPSA) is 76.6 Å². The Morgan fingerprint density at radius 1 is 1.17 bits per heavy atom. The van der Waals surface area contributed by atoms with E-state index in [1.165, 1.54) is 0 Å². The Morgan fingerprint density at radius 2 is 2.07 bits per heavy atom. The smallest absolute Gasteiger partial charge is 0.116 e. The predicted molar refractivity (Wildman–Crippen MR) is 115 cm³/mol. The van der Waals surface area contributed by atoms with Gasteiger partial charge in [0.1, 0.15) is 11.3 Å². The molecule has 1 fully saturated rings. The Labute approximate surface area is 175 Å². The van der Waals surface area contributed by atoms with E-state index in [-0.39, 0.29) is 12.1 Å². The second-order valence-electron chi connectivity index (χ2n) is 8.10. The number of aryl methyl sites for hydroxylation is 1. The van der Waals surface area contributed by atoms with Crippen LogP contribution >= 0.6 is 0 Å². The molecule has 4 aromatic rings. The summed E-state index contributed by atoms with van der Waals surface area (Å²) in [7, 11) is 0. The number of rotatable bonds is 3. The maximum absolute atomic E-state index is 9.43. The number of fused-ring (bicyclic) bond motifs is 3. The van der Waals surface area contributed by atoms with Crippen LogP contribution in [-0.4, -0.2) is 32.2 Å². The molecule has 0 N–H and O–H groups in total. The first kappa shape index (κ1) is 18.7. The zero-order valence-electron chi connectivity index (χ0n) is 17.2. The van der Waals surface area contributed by atoms with Crippen LogP contribution in [0.1, 0.15) is 48.5 Å². The summed E-state index contributed by atoms with van der Waals surface area (Å²) in [5.41, 5.74) is 5.56. The monoisotopic (exact) mass is 397 g/mol. The predicted octanol–water partition coefficient (Wildman–Crippen LogP) is 4.49. The highest BCUT2D eigenvalue weighted by molar-refractivity contribution is 6.02. The van der Waals surface area contributed by atoms with E-state index >= 15 is 0 Å². The zero-order chi connectivity index (χ0) is 20.7. The van der Waals surface area contributed by atoms with Crippen molar-refractivity contribution in [3.8, 4) is 6.07 Å². The minimum Gasteiger partial charge on any atom is -0.378 e. The van der Waals surface area contributed by atoms with Crippen molar-refractivity contribution in [2.45, 2.75) is 45.3 Å². The molecule has 3 aromatic heterocycles. The standard InChI is InChI=1S/C24H23N5O/c1-15-3-5-18(26-13-15)11-23-28-22-14-27-21-6-4-17(12-25)10-20(21)24(22)29(23)19-7-8-30-16(2)9-19/h3-6,10,13-14,16,19H,7-9,11H2,1-2H3/t16-,19?/m1/s1. The zero-order valence-corrected chi connectivity index (χ0v) is 17.2. The summed E-state index contributed by atoms with van der Waals surface area (Å²) in [4.78, 5) is 14.2. The van der Waals surface area contributed by atoms with Gasteiger partial charge in [-0.05, 0) is 56.5 Å². The summed E-state index contributed by atoms with van der Waals surface area (Å²) in [5, 5.41) is 10.4. The lowest BCUT2D eigenvalue weighted by Crippen LogP contribution is -2.26. The molecular formula is C24H23N5O. The van der Waals surface area contributed by atoms with Crippen LogP contribution in [0.15, 0.2) is 42.7 Å². The molecule has 30 heavy (non-hydrogen) atoms. The van der Waals surface area contributed by atoms with Crippen molar-refractivity contribution >= 4 is 21.9 Å². The molecule has 1 unspecified atom stereocenters. The van der Waals surface area contributed by atoms with Gasteiger partial charge in [0.05, 0.1) is 35.0 Å². The second-order valence-corrected chi connectivity index (χ2v) is 8.10. The molecule has 1 aromatic carbocycles. The third kappa shape index (κ3) is 3.31. The van der Waals surface area contributed by atoms with Crippen molar-refractivity contribution in [2.75, 3.05) is 6.61 Å². The van der Waals surface area contributed by atoms with Crippen LogP contribution in [-0.2, 0) is 11.2 Å². The Bertz CT molecular complexity index is 1270. The summed E-state index contributed by atoms with van der Waals surface area (Å²) >= 11 is 0. The molecule has 5 rings (SSSR count). The van der Waals surface area contributed by atoms with Crippen molar-refractivity contribution in [2.24, 2.45) is 0 Å². The minimum atomic E-state index is 0.203. The van der Waals surface area contributed by atoms with Crippen molar-refractivity contribution < 1.29 is 4.74 Å². The normalized spacial score (nSPS) is 19.2. The lowest BCUT2D eigenvalue weighted by Gasteiger charge is -2.30. The molecule has 0 spiro atoms.